The molecule has 0 spiro atoms. The molecule has 0 aliphatic heterocycles. The van der Waals surface area contributed by atoms with E-state index < -0.39 is 17.9 Å². The van der Waals surface area contributed by atoms with Crippen molar-refractivity contribution in [3.05, 3.63) is 0 Å². The minimum atomic E-state index is -0.899. The van der Waals surface area contributed by atoms with E-state index in [2.05, 4.69) is 20.8 Å². The second-order valence-corrected chi connectivity index (χ2v) is 12.7. The minimum absolute atomic E-state index is 0.103. The van der Waals surface area contributed by atoms with Gasteiger partial charge in [0.2, 0.25) is 0 Å². The highest BCUT2D eigenvalue weighted by Gasteiger charge is 2.63. The summed E-state index contributed by atoms with van der Waals surface area (Å²) in [7, 11) is 0. The number of fused-ring (bicyclic) bond motifs is 5. The van der Waals surface area contributed by atoms with Gasteiger partial charge in [-0.05, 0) is 118 Å². The largest absolute Gasteiger partial charge is 0.465 e. The lowest BCUT2D eigenvalue weighted by Gasteiger charge is -2.62. The molecule has 2 N–H and O–H groups in total. The first-order valence-corrected chi connectivity index (χ1v) is 14.3. The minimum Gasteiger partial charge on any atom is -0.465 e. The number of rotatable bonds is 7. The lowest BCUT2D eigenvalue weighted by atomic mass is 9.43. The Morgan fingerprint density at radius 1 is 0.914 bits per heavy atom. The number of carbonyl (C=O) groups is 2. The smallest absolute Gasteiger partial charge is 0.320 e. The predicted molar refractivity (Wildman–Crippen MR) is 133 cm³/mol. The molecule has 0 amide bonds. The monoisotopic (exact) mass is 492 g/mol. The molecule has 35 heavy (non-hydrogen) atoms. The van der Waals surface area contributed by atoms with Gasteiger partial charge in [-0.15, -0.1) is 0 Å². The van der Waals surface area contributed by atoms with Crippen molar-refractivity contribution >= 4 is 11.9 Å². The van der Waals surface area contributed by atoms with Crippen molar-refractivity contribution < 1.29 is 29.3 Å². The van der Waals surface area contributed by atoms with Gasteiger partial charge in [-0.2, -0.15) is 0 Å². The van der Waals surface area contributed by atoms with E-state index in [1.807, 2.05) is 0 Å². The quantitative estimate of drug-likeness (QED) is 0.394. The first kappa shape index (κ1) is 26.9. The Labute approximate surface area is 211 Å². The van der Waals surface area contributed by atoms with Crippen molar-refractivity contribution in [2.75, 3.05) is 13.2 Å². The van der Waals surface area contributed by atoms with E-state index in [4.69, 9.17) is 9.47 Å². The Hall–Kier alpha value is -1.14. The van der Waals surface area contributed by atoms with Crippen molar-refractivity contribution in [1.82, 2.24) is 0 Å². The molecule has 0 bridgehead atoms. The summed E-state index contributed by atoms with van der Waals surface area (Å²) >= 11 is 0. The van der Waals surface area contributed by atoms with Crippen LogP contribution in [0.4, 0.5) is 0 Å². The Morgan fingerprint density at radius 3 is 2.20 bits per heavy atom. The van der Waals surface area contributed by atoms with Crippen molar-refractivity contribution in [2.24, 2.45) is 52.3 Å². The molecule has 0 aromatic heterocycles. The molecule has 4 rings (SSSR count). The molecule has 10 atom stereocenters. The fourth-order valence-corrected chi connectivity index (χ4v) is 9.47. The van der Waals surface area contributed by atoms with Gasteiger partial charge in [0.1, 0.15) is 0 Å². The van der Waals surface area contributed by atoms with Crippen molar-refractivity contribution in [3.63, 3.8) is 0 Å². The highest BCUT2D eigenvalue weighted by Crippen LogP contribution is 2.68. The molecule has 200 valence electrons. The van der Waals surface area contributed by atoms with Crippen LogP contribution in [0.1, 0.15) is 92.4 Å². The standard InChI is InChI=1S/C29H48O6/c1-6-34-26(32)21(27(33)35-7-2)14-17(3)22-10-11-23-20-9-8-18-15-19(30)12-13-28(18,4)24(20)16-25(31)29(22,23)5/h17-25,30-31H,6-16H2,1-5H3/t17-,18-,19-,20+,22-,23+,24+,25+,28+,29-/m1/s1. The average molecular weight is 493 g/mol. The van der Waals surface area contributed by atoms with Crippen LogP contribution in [0, 0.1) is 52.3 Å². The fourth-order valence-electron chi connectivity index (χ4n) is 9.47. The molecule has 4 fully saturated rings. The summed E-state index contributed by atoms with van der Waals surface area (Å²) in [5.41, 5.74) is 0.0128. The number of hydrogen-bond acceptors (Lipinski definition) is 6. The Bertz CT molecular complexity index is 765. The summed E-state index contributed by atoms with van der Waals surface area (Å²) in [6, 6.07) is 0. The van der Waals surface area contributed by atoms with Crippen LogP contribution in [0.2, 0.25) is 0 Å². The lowest BCUT2D eigenvalue weighted by Crippen LogP contribution is -2.58. The summed E-state index contributed by atoms with van der Waals surface area (Å²) in [5, 5.41) is 22.0. The molecule has 0 unspecified atom stereocenters. The zero-order valence-electron chi connectivity index (χ0n) is 22.5. The first-order chi connectivity index (χ1) is 16.6. The predicted octanol–water partition coefficient (Wildman–Crippen LogP) is 4.75. The van der Waals surface area contributed by atoms with E-state index in [-0.39, 0.29) is 48.1 Å². The molecule has 0 aromatic carbocycles. The maximum absolute atomic E-state index is 12.6. The van der Waals surface area contributed by atoms with Gasteiger partial charge in [0.15, 0.2) is 5.92 Å². The summed E-state index contributed by atoms with van der Waals surface area (Å²) in [4.78, 5) is 25.3. The normalized spacial score (nSPS) is 43.6. The summed E-state index contributed by atoms with van der Waals surface area (Å²) in [6.45, 7) is 10.9. The maximum Gasteiger partial charge on any atom is 0.320 e. The van der Waals surface area contributed by atoms with Crippen LogP contribution < -0.4 is 0 Å². The van der Waals surface area contributed by atoms with E-state index in [0.29, 0.717) is 30.1 Å². The first-order valence-electron chi connectivity index (χ1n) is 14.3. The lowest BCUT2D eigenvalue weighted by molar-refractivity contribution is -0.176. The second-order valence-electron chi connectivity index (χ2n) is 12.7. The van der Waals surface area contributed by atoms with Gasteiger partial charge in [0.05, 0.1) is 25.4 Å². The summed E-state index contributed by atoms with van der Waals surface area (Å²) < 4.78 is 10.4. The van der Waals surface area contributed by atoms with Gasteiger partial charge >= 0.3 is 11.9 Å². The van der Waals surface area contributed by atoms with Crippen LogP contribution in [0.15, 0.2) is 0 Å². The molecule has 4 aliphatic rings. The van der Waals surface area contributed by atoms with E-state index in [9.17, 15) is 19.8 Å². The van der Waals surface area contributed by atoms with Gasteiger partial charge in [0.25, 0.3) is 0 Å². The molecule has 6 heteroatoms. The molecule has 0 heterocycles. The summed E-state index contributed by atoms with van der Waals surface area (Å²) in [6.07, 6.45) is 8.09. The van der Waals surface area contributed by atoms with Crippen molar-refractivity contribution in [3.8, 4) is 0 Å². The zero-order chi connectivity index (χ0) is 25.5. The van der Waals surface area contributed by atoms with E-state index in [1.54, 1.807) is 13.8 Å². The van der Waals surface area contributed by atoms with Crippen LogP contribution in [0.5, 0.6) is 0 Å². The van der Waals surface area contributed by atoms with Crippen LogP contribution in [0.25, 0.3) is 0 Å². The Kier molecular flexibility index (Phi) is 7.93. The number of hydrogen-bond donors (Lipinski definition) is 2. The highest BCUT2D eigenvalue weighted by molar-refractivity contribution is 5.94. The Morgan fingerprint density at radius 2 is 1.57 bits per heavy atom. The van der Waals surface area contributed by atoms with Gasteiger partial charge in [-0.25, -0.2) is 0 Å². The Balaban J connectivity index is 1.53. The highest BCUT2D eigenvalue weighted by atomic mass is 16.6. The number of aliphatic hydroxyl groups is 2. The van der Waals surface area contributed by atoms with Crippen LogP contribution in [-0.2, 0) is 19.1 Å². The number of ether oxygens (including phenoxy) is 2. The SMILES string of the molecule is CCOC(=O)C(C[C@@H](C)[C@H]1CC[C@H]2[C@@H]3CC[C@@H]4C[C@H](O)CC[C@]4(C)[C@H]3C[C@H](O)[C@]12C)C(=O)OCC. The van der Waals surface area contributed by atoms with Gasteiger partial charge in [-0.3, -0.25) is 9.59 Å². The molecule has 4 aliphatic carbocycles. The third kappa shape index (κ3) is 4.56. The van der Waals surface area contributed by atoms with Crippen molar-refractivity contribution in [2.45, 2.75) is 105 Å². The second kappa shape index (κ2) is 10.3. The fraction of sp³-hybridized carbons (Fsp3) is 0.931. The molecular weight excluding hydrogens is 444 g/mol. The molecule has 0 saturated heterocycles. The third-order valence-electron chi connectivity index (χ3n) is 11.3. The van der Waals surface area contributed by atoms with Gasteiger partial charge in [0, 0.05) is 0 Å². The number of esters is 2. The zero-order valence-corrected chi connectivity index (χ0v) is 22.5. The third-order valence-corrected chi connectivity index (χ3v) is 11.3. The van der Waals surface area contributed by atoms with Crippen molar-refractivity contribution in [1.29, 1.82) is 0 Å². The molecule has 0 aromatic rings. The van der Waals surface area contributed by atoms with E-state index >= 15 is 0 Å². The molecule has 0 radical (unpaired) electrons. The van der Waals surface area contributed by atoms with E-state index in [0.717, 1.165) is 38.5 Å². The summed E-state index contributed by atoms with van der Waals surface area (Å²) in [5.74, 6) is 0.641. The maximum atomic E-state index is 12.6. The molecular formula is C29H48O6. The number of aliphatic hydroxyl groups excluding tert-OH is 2. The van der Waals surface area contributed by atoms with Crippen LogP contribution >= 0.6 is 0 Å². The molecule has 6 nitrogen and oxygen atoms in total. The van der Waals surface area contributed by atoms with Gasteiger partial charge < -0.3 is 19.7 Å². The van der Waals surface area contributed by atoms with Crippen LogP contribution in [-0.4, -0.2) is 47.6 Å². The topological polar surface area (TPSA) is 93.1 Å². The van der Waals surface area contributed by atoms with E-state index in [1.165, 1.54) is 12.8 Å². The molecule has 4 saturated carbocycles. The van der Waals surface area contributed by atoms with Crippen LogP contribution in [0.3, 0.4) is 0 Å². The average Bonchev–Trinajstić information content (AvgIpc) is 3.17. The van der Waals surface area contributed by atoms with Gasteiger partial charge in [-0.1, -0.05) is 20.8 Å². The number of carbonyl (C=O) groups excluding carboxylic acids is 2.